The van der Waals surface area contributed by atoms with E-state index in [1.807, 2.05) is 0 Å². The Morgan fingerprint density at radius 1 is 0.489 bits per heavy atom. The van der Waals surface area contributed by atoms with E-state index < -0.39 is 25.7 Å². The van der Waals surface area contributed by atoms with Crippen LogP contribution in [0.2, 0.25) is 0 Å². The van der Waals surface area contributed by atoms with Crippen molar-refractivity contribution in [2.24, 2.45) is 0 Å². The molecule has 0 heterocycles. The average molecular weight is 663 g/mol. The number of carbonyl (C=O) groups excluding carboxylic acids is 3. The van der Waals surface area contributed by atoms with Gasteiger partial charge in [-0.2, -0.15) is 4.57 Å². The molecule has 11 heteroatoms. The Morgan fingerprint density at radius 3 is 0.936 bits per heavy atom. The number of rotatable bonds is 18. The Labute approximate surface area is 275 Å². The van der Waals surface area contributed by atoms with Crippen molar-refractivity contribution in [2.45, 2.75) is 40.0 Å². The Bertz CT molecular complexity index is 1430. The number of phosphoric ester groups is 1. The molecule has 0 atom stereocenters. The van der Waals surface area contributed by atoms with Crippen LogP contribution in [0.5, 0.6) is 17.2 Å². The van der Waals surface area contributed by atoms with Crippen molar-refractivity contribution < 1.29 is 46.7 Å². The first-order valence-electron chi connectivity index (χ1n) is 14.8. The van der Waals surface area contributed by atoms with E-state index in [-0.39, 0.29) is 37.1 Å². The van der Waals surface area contributed by atoms with Gasteiger partial charge in [0.05, 0.1) is 19.8 Å². The number of hydrogen-bond donors (Lipinski definition) is 0. The lowest BCUT2D eigenvalue weighted by atomic mass is 10.1. The van der Waals surface area contributed by atoms with Gasteiger partial charge in [-0.3, -0.25) is 0 Å². The monoisotopic (exact) mass is 662 g/mol. The van der Waals surface area contributed by atoms with Gasteiger partial charge >= 0.3 is 25.7 Å². The summed E-state index contributed by atoms with van der Waals surface area (Å²) in [7, 11) is -4.30. The highest BCUT2D eigenvalue weighted by Crippen LogP contribution is 2.49. The molecule has 0 spiro atoms. The van der Waals surface area contributed by atoms with Crippen molar-refractivity contribution in [3.05, 3.63) is 126 Å². The molecule has 0 aliphatic rings. The van der Waals surface area contributed by atoms with Gasteiger partial charge in [0.1, 0.15) is 17.2 Å². The minimum atomic E-state index is -4.30. The van der Waals surface area contributed by atoms with Crippen LogP contribution < -0.4 is 13.6 Å². The number of phosphoric acid groups is 1. The molecule has 3 aromatic carbocycles. The highest BCUT2D eigenvalue weighted by molar-refractivity contribution is 7.49. The molecular formula is C36H39O10P. The van der Waals surface area contributed by atoms with Crippen LogP contribution in [-0.2, 0) is 52.4 Å². The van der Waals surface area contributed by atoms with Gasteiger partial charge in [-0.15, -0.1) is 0 Å². The largest absolute Gasteiger partial charge is 0.647 e. The lowest BCUT2D eigenvalue weighted by molar-refractivity contribution is -0.139. The van der Waals surface area contributed by atoms with E-state index in [1.165, 1.54) is 0 Å². The van der Waals surface area contributed by atoms with Gasteiger partial charge < -0.3 is 27.8 Å². The first-order valence-corrected chi connectivity index (χ1v) is 16.2. The molecule has 0 radical (unpaired) electrons. The summed E-state index contributed by atoms with van der Waals surface area (Å²) in [5.41, 5.74) is 3.54. The zero-order valence-electron chi connectivity index (χ0n) is 26.8. The minimum Gasteiger partial charge on any atom is -0.462 e. The van der Waals surface area contributed by atoms with Gasteiger partial charge in [-0.25, -0.2) is 14.4 Å². The van der Waals surface area contributed by atoms with Crippen LogP contribution in [-0.4, -0.2) is 37.7 Å². The summed E-state index contributed by atoms with van der Waals surface area (Å²) in [6.07, 6.45) is 1.38. The predicted molar refractivity (Wildman–Crippen MR) is 177 cm³/mol. The molecule has 0 bridgehead atoms. The number of esters is 3. The van der Waals surface area contributed by atoms with Gasteiger partial charge in [0.25, 0.3) is 0 Å². The van der Waals surface area contributed by atoms with E-state index in [1.54, 1.807) is 93.6 Å². The predicted octanol–water partition coefficient (Wildman–Crippen LogP) is 7.32. The topological polar surface area (TPSA) is 124 Å². The average Bonchev–Trinajstić information content (AvgIpc) is 3.03. The molecule has 0 aliphatic carbocycles. The van der Waals surface area contributed by atoms with E-state index in [9.17, 15) is 18.9 Å². The SMILES string of the molecule is C=C(C)C(=O)OCCc1ccc(OP(=O)(Oc2ccc(CCOC(=O)C(=C)C)cc2)Oc2ccc(CCOC(=O)C(=C)C)cc2)cc1. The van der Waals surface area contributed by atoms with Crippen LogP contribution in [0.15, 0.2) is 109 Å². The first kappa shape index (κ1) is 36.4. The van der Waals surface area contributed by atoms with Crippen molar-refractivity contribution in [3.63, 3.8) is 0 Å². The molecule has 47 heavy (non-hydrogen) atoms. The third kappa shape index (κ3) is 12.7. The van der Waals surface area contributed by atoms with Gasteiger partial charge in [0.2, 0.25) is 0 Å². The lowest BCUT2D eigenvalue weighted by Gasteiger charge is -2.20. The van der Waals surface area contributed by atoms with Crippen LogP contribution >= 0.6 is 7.82 Å². The summed E-state index contributed by atoms with van der Waals surface area (Å²) in [5.74, 6) is -0.704. The Kier molecular flexibility index (Phi) is 13.6. The fraction of sp³-hybridized carbons (Fsp3) is 0.250. The molecule has 248 valence electrons. The highest BCUT2D eigenvalue weighted by Gasteiger charge is 2.33. The summed E-state index contributed by atoms with van der Waals surface area (Å²) in [5, 5.41) is 0. The molecule has 0 aromatic heterocycles. The van der Waals surface area contributed by atoms with Crippen molar-refractivity contribution in [1.29, 1.82) is 0 Å². The summed E-state index contributed by atoms with van der Waals surface area (Å²) in [4.78, 5) is 34.9. The van der Waals surface area contributed by atoms with Crippen LogP contribution in [0.25, 0.3) is 0 Å². The molecule has 3 aromatic rings. The molecule has 10 nitrogen and oxygen atoms in total. The molecule has 0 N–H and O–H groups in total. The summed E-state index contributed by atoms with van der Waals surface area (Å²) < 4.78 is 46.9. The quantitative estimate of drug-likeness (QED) is 0.0593. The minimum absolute atomic E-state index is 0.176. The van der Waals surface area contributed by atoms with Crippen molar-refractivity contribution >= 4 is 25.7 Å². The standard InChI is InChI=1S/C36H39O10P/c1-25(2)34(37)41-22-19-28-7-13-31(14-8-28)44-47(40,45-32-15-9-29(10-16-32)20-23-42-35(38)26(3)4)46-33-17-11-30(12-18-33)21-24-43-36(39)27(5)6/h7-18H,1,3,5,19-24H2,2,4,6H3. The number of carbonyl (C=O) groups is 3. The third-order valence-electron chi connectivity index (χ3n) is 6.34. The molecule has 0 unspecified atom stereocenters. The summed E-state index contributed by atoms with van der Waals surface area (Å²) in [6.45, 7) is 15.9. The maximum atomic E-state index is 14.0. The fourth-order valence-corrected chi connectivity index (χ4v) is 5.00. The molecule has 0 fully saturated rings. The summed E-state index contributed by atoms with van der Waals surface area (Å²) >= 11 is 0. The number of hydrogen-bond acceptors (Lipinski definition) is 10. The molecule has 0 amide bonds. The number of benzene rings is 3. The van der Waals surface area contributed by atoms with Crippen LogP contribution in [0.4, 0.5) is 0 Å². The Balaban J connectivity index is 1.71. The zero-order valence-corrected chi connectivity index (χ0v) is 27.7. The second-order valence-corrected chi connectivity index (χ2v) is 12.1. The van der Waals surface area contributed by atoms with E-state index in [4.69, 9.17) is 27.8 Å². The Morgan fingerprint density at radius 2 is 0.723 bits per heavy atom. The molecule has 0 aliphatic heterocycles. The second-order valence-electron chi connectivity index (χ2n) is 10.7. The van der Waals surface area contributed by atoms with Crippen molar-refractivity contribution in [1.82, 2.24) is 0 Å². The molecule has 3 rings (SSSR count). The maximum absolute atomic E-state index is 14.0. The van der Waals surface area contributed by atoms with Crippen LogP contribution in [0.3, 0.4) is 0 Å². The van der Waals surface area contributed by atoms with Gasteiger partial charge in [0, 0.05) is 36.0 Å². The summed E-state index contributed by atoms with van der Waals surface area (Å²) in [6, 6.07) is 20.2. The van der Waals surface area contributed by atoms with E-state index in [2.05, 4.69) is 19.7 Å². The van der Waals surface area contributed by atoms with Crippen LogP contribution in [0, 0.1) is 0 Å². The van der Waals surface area contributed by atoms with E-state index in [0.29, 0.717) is 36.0 Å². The lowest BCUT2D eigenvalue weighted by Crippen LogP contribution is -2.09. The fourth-order valence-electron chi connectivity index (χ4n) is 3.75. The van der Waals surface area contributed by atoms with Crippen molar-refractivity contribution in [2.75, 3.05) is 19.8 Å². The van der Waals surface area contributed by atoms with E-state index >= 15 is 0 Å². The van der Waals surface area contributed by atoms with Gasteiger partial charge in [-0.05, 0) is 73.9 Å². The van der Waals surface area contributed by atoms with Gasteiger partial charge in [0.15, 0.2) is 0 Å². The second kappa shape index (κ2) is 17.6. The molecule has 0 saturated carbocycles. The molecular weight excluding hydrogens is 623 g/mol. The van der Waals surface area contributed by atoms with E-state index in [0.717, 1.165) is 16.7 Å². The normalized spacial score (nSPS) is 10.7. The number of ether oxygens (including phenoxy) is 3. The first-order chi connectivity index (χ1) is 22.3. The van der Waals surface area contributed by atoms with Gasteiger partial charge in [-0.1, -0.05) is 56.1 Å². The van der Waals surface area contributed by atoms with Crippen LogP contribution in [0.1, 0.15) is 37.5 Å². The third-order valence-corrected chi connectivity index (χ3v) is 7.64. The Hall–Kier alpha value is -5.08. The maximum Gasteiger partial charge on any atom is 0.647 e. The zero-order chi connectivity index (χ0) is 34.4. The smallest absolute Gasteiger partial charge is 0.462 e. The highest BCUT2D eigenvalue weighted by atomic mass is 31.2. The van der Waals surface area contributed by atoms with Crippen molar-refractivity contribution in [3.8, 4) is 17.2 Å². The molecule has 0 saturated heterocycles.